The van der Waals surface area contributed by atoms with Crippen molar-refractivity contribution in [1.82, 2.24) is 4.98 Å². The topological polar surface area (TPSA) is 42.4 Å². The Morgan fingerprint density at radius 3 is 1.80 bits per heavy atom. The van der Waals surface area contributed by atoms with Crippen LogP contribution in [0.4, 0.5) is 0 Å². The summed E-state index contributed by atoms with van der Waals surface area (Å²) in [4.78, 5) is 4.90. The molecule has 0 aliphatic heterocycles. The van der Waals surface area contributed by atoms with Gasteiger partial charge < -0.3 is 9.76 Å². The van der Waals surface area contributed by atoms with Crippen LogP contribution in [-0.2, 0) is 16.5 Å². The number of aromatic nitrogens is 1. The van der Waals surface area contributed by atoms with Gasteiger partial charge in [0.1, 0.15) is 0 Å². The molecular formula is C42H61BNO2. The second kappa shape index (κ2) is 16.6. The van der Waals surface area contributed by atoms with Crippen molar-refractivity contribution in [3.05, 3.63) is 71.4 Å². The molecular weight excluding hydrogens is 561 g/mol. The van der Waals surface area contributed by atoms with Gasteiger partial charge in [-0.2, -0.15) is 0 Å². The van der Waals surface area contributed by atoms with Gasteiger partial charge in [0, 0.05) is 17.2 Å². The van der Waals surface area contributed by atoms with E-state index < -0.39 is 11.2 Å². The largest absolute Gasteiger partial charge is 0.427 e. The number of fused-ring (bicyclic) bond motifs is 3. The highest BCUT2D eigenvalue weighted by Crippen LogP contribution is 2.55. The highest BCUT2D eigenvalue weighted by Gasteiger charge is 2.42. The molecule has 3 nitrogen and oxygen atoms in total. The molecule has 1 aromatic heterocycles. The van der Waals surface area contributed by atoms with Gasteiger partial charge in [-0.3, -0.25) is 4.98 Å². The first kappa shape index (κ1) is 36.4. The molecule has 0 unspecified atom stereocenters. The normalized spacial score (nSPS) is 13.9. The van der Waals surface area contributed by atoms with Crippen molar-refractivity contribution in [1.29, 1.82) is 0 Å². The van der Waals surface area contributed by atoms with E-state index in [1.807, 2.05) is 20.0 Å². The van der Waals surface area contributed by atoms with E-state index in [9.17, 15) is 5.11 Å². The number of hydrogen-bond acceptors (Lipinski definition) is 3. The fourth-order valence-corrected chi connectivity index (χ4v) is 7.00. The van der Waals surface area contributed by atoms with E-state index in [4.69, 9.17) is 9.64 Å². The molecule has 4 rings (SSSR count). The van der Waals surface area contributed by atoms with Crippen LogP contribution in [0.25, 0.3) is 22.4 Å². The van der Waals surface area contributed by atoms with Crippen LogP contribution in [0, 0.1) is 0 Å². The van der Waals surface area contributed by atoms with Crippen LogP contribution in [0.1, 0.15) is 155 Å². The van der Waals surface area contributed by atoms with Crippen LogP contribution >= 0.6 is 0 Å². The number of aryl methyl sites for hydroxylation is 1. The lowest BCUT2D eigenvalue weighted by molar-refractivity contribution is -0.0893. The molecule has 2 aromatic carbocycles. The van der Waals surface area contributed by atoms with Gasteiger partial charge in [-0.1, -0.05) is 134 Å². The second-order valence-corrected chi connectivity index (χ2v) is 14.9. The zero-order valence-electron chi connectivity index (χ0n) is 30.2. The maximum absolute atomic E-state index is 10.5. The monoisotopic (exact) mass is 622 g/mol. The van der Waals surface area contributed by atoms with Crippen LogP contribution in [0.15, 0.2) is 54.7 Å². The Morgan fingerprint density at radius 2 is 1.26 bits per heavy atom. The van der Waals surface area contributed by atoms with E-state index in [0.29, 0.717) is 0 Å². The summed E-state index contributed by atoms with van der Waals surface area (Å²) >= 11 is 0. The molecule has 0 saturated carbocycles. The molecule has 0 saturated heterocycles. The molecule has 4 heteroatoms. The first-order valence-corrected chi connectivity index (χ1v) is 18.5. The molecule has 1 radical (unpaired) electrons. The Hall–Kier alpha value is -2.43. The first-order valence-electron chi connectivity index (χ1n) is 18.5. The van der Waals surface area contributed by atoms with Gasteiger partial charge >= 0.3 is 7.48 Å². The summed E-state index contributed by atoms with van der Waals surface area (Å²) in [7, 11) is 1.71. The summed E-state index contributed by atoms with van der Waals surface area (Å²) in [6.45, 7) is 14.2. The van der Waals surface area contributed by atoms with Crippen LogP contribution in [0.3, 0.4) is 0 Å². The van der Waals surface area contributed by atoms with Gasteiger partial charge in [0.05, 0.1) is 16.9 Å². The zero-order valence-corrected chi connectivity index (χ0v) is 30.2. The quantitative estimate of drug-likeness (QED) is 0.101. The van der Waals surface area contributed by atoms with E-state index in [2.05, 4.69) is 69.3 Å². The van der Waals surface area contributed by atoms with Gasteiger partial charge in [0.25, 0.3) is 0 Å². The fraction of sp³-hybridized carbons (Fsp3) is 0.595. The minimum atomic E-state index is -0.964. The smallest absolute Gasteiger partial charge is 0.332 e. The Morgan fingerprint density at radius 1 is 0.696 bits per heavy atom. The second-order valence-electron chi connectivity index (χ2n) is 14.9. The standard InChI is InChI=1S/C42H61BNO2/c1-8-11-13-15-17-19-27-42(28-20-18-16-14-12-9-2)37-29-32(10-3)21-24-35(37)36-25-22-33(30-38(36)42)39-26-23-34(31-44-39)43-46-41(6,7)40(4,5)45/h21-26,29-31,45H,8-20,27-28H2,1-7H3. The van der Waals surface area contributed by atoms with Crippen molar-refractivity contribution in [3.63, 3.8) is 0 Å². The van der Waals surface area contributed by atoms with Crippen molar-refractivity contribution in [3.8, 4) is 22.4 Å². The third kappa shape index (κ3) is 8.72. The molecule has 1 heterocycles. The number of benzene rings is 2. The Kier molecular flexibility index (Phi) is 13.1. The fourth-order valence-electron chi connectivity index (χ4n) is 7.00. The molecule has 0 spiro atoms. The summed E-state index contributed by atoms with van der Waals surface area (Å²) in [5.41, 5.74) is 8.85. The Balaban J connectivity index is 1.65. The SMILES string of the molecule is CCCCCCCCC1(CCCCCCCC)c2cc(CC)ccc2-c2ccc(-c3ccc([B]OC(C)(C)C(C)(C)O)cn3)cc21. The lowest BCUT2D eigenvalue weighted by Gasteiger charge is -2.37. The highest BCUT2D eigenvalue weighted by atomic mass is 16.5. The van der Waals surface area contributed by atoms with E-state index in [1.54, 1.807) is 26.9 Å². The van der Waals surface area contributed by atoms with Gasteiger partial charge in [0.2, 0.25) is 0 Å². The third-order valence-electron chi connectivity index (χ3n) is 10.8. The van der Waals surface area contributed by atoms with Gasteiger partial charge in [-0.15, -0.1) is 0 Å². The lowest BCUT2D eigenvalue weighted by atomic mass is 9.70. The van der Waals surface area contributed by atoms with Gasteiger partial charge in [-0.05, 0) is 92.4 Å². The summed E-state index contributed by atoms with van der Waals surface area (Å²) in [6.07, 6.45) is 21.3. The minimum absolute atomic E-state index is 0.0611. The minimum Gasteiger partial charge on any atom is -0.427 e. The highest BCUT2D eigenvalue weighted by molar-refractivity contribution is 6.46. The molecule has 0 amide bonds. The summed E-state index contributed by atoms with van der Waals surface area (Å²) in [6, 6.07) is 18.6. The van der Waals surface area contributed by atoms with Gasteiger partial charge in [0.15, 0.2) is 0 Å². The number of aliphatic hydroxyl groups is 1. The van der Waals surface area contributed by atoms with Crippen LogP contribution in [-0.4, -0.2) is 28.8 Å². The third-order valence-corrected chi connectivity index (χ3v) is 10.8. The van der Waals surface area contributed by atoms with Crippen molar-refractivity contribution >= 4 is 12.9 Å². The molecule has 0 fully saturated rings. The van der Waals surface area contributed by atoms with E-state index in [-0.39, 0.29) is 5.41 Å². The van der Waals surface area contributed by atoms with Crippen LogP contribution in [0.2, 0.25) is 0 Å². The van der Waals surface area contributed by atoms with E-state index in [0.717, 1.165) is 17.6 Å². The summed E-state index contributed by atoms with van der Waals surface area (Å²) in [5.74, 6) is 0. The lowest BCUT2D eigenvalue weighted by Crippen LogP contribution is -2.49. The molecule has 1 N–H and O–H groups in total. The molecule has 3 aromatic rings. The van der Waals surface area contributed by atoms with Crippen molar-refractivity contribution in [2.24, 2.45) is 0 Å². The molecule has 249 valence electrons. The van der Waals surface area contributed by atoms with Crippen molar-refractivity contribution in [2.45, 2.75) is 161 Å². The number of hydrogen-bond donors (Lipinski definition) is 1. The van der Waals surface area contributed by atoms with Gasteiger partial charge in [-0.25, -0.2) is 0 Å². The molecule has 1 aliphatic rings. The Labute approximate surface area is 282 Å². The molecule has 46 heavy (non-hydrogen) atoms. The Bertz CT molecular complexity index is 1360. The number of unbranched alkanes of at least 4 members (excludes halogenated alkanes) is 10. The van der Waals surface area contributed by atoms with E-state index >= 15 is 0 Å². The summed E-state index contributed by atoms with van der Waals surface area (Å²) in [5, 5.41) is 10.5. The number of nitrogens with zero attached hydrogens (tertiary/aromatic N) is 1. The maximum Gasteiger partial charge on any atom is 0.332 e. The van der Waals surface area contributed by atoms with E-state index in [1.165, 1.54) is 118 Å². The summed E-state index contributed by atoms with van der Waals surface area (Å²) < 4.78 is 5.99. The number of pyridine rings is 1. The predicted octanol–water partition coefficient (Wildman–Crippen LogP) is 10.9. The average molecular weight is 623 g/mol. The zero-order chi connectivity index (χ0) is 33.2. The maximum atomic E-state index is 10.5. The van der Waals surface area contributed by atoms with Crippen molar-refractivity contribution < 1.29 is 9.76 Å². The number of rotatable bonds is 20. The average Bonchev–Trinajstić information content (AvgIpc) is 3.31. The molecule has 1 aliphatic carbocycles. The molecule has 0 atom stereocenters. The van der Waals surface area contributed by atoms with Crippen molar-refractivity contribution in [2.75, 3.05) is 0 Å². The first-order chi connectivity index (χ1) is 22.1. The predicted molar refractivity (Wildman–Crippen MR) is 198 cm³/mol. The van der Waals surface area contributed by atoms with Crippen LogP contribution in [0.5, 0.6) is 0 Å². The molecule has 0 bridgehead atoms. The van der Waals surface area contributed by atoms with Crippen LogP contribution < -0.4 is 5.46 Å².